The Labute approximate surface area is 147 Å². The predicted molar refractivity (Wildman–Crippen MR) is 90.9 cm³/mol. The third kappa shape index (κ3) is 1.80. The highest BCUT2D eigenvalue weighted by Gasteiger charge is 2.41. The molecule has 124 valence electrons. The summed E-state index contributed by atoms with van der Waals surface area (Å²) in [6.07, 6.45) is -0.00213. The van der Waals surface area contributed by atoms with Gasteiger partial charge < -0.3 is 5.73 Å². The van der Waals surface area contributed by atoms with Gasteiger partial charge in [0.15, 0.2) is 0 Å². The van der Waals surface area contributed by atoms with Crippen LogP contribution in [-0.4, -0.2) is 16.2 Å². The minimum Gasteiger partial charge on any atom is -0.309 e. The summed E-state index contributed by atoms with van der Waals surface area (Å²) in [4.78, 5) is 23.9. The highest BCUT2D eigenvalue weighted by molar-refractivity contribution is 6.17. The van der Waals surface area contributed by atoms with Gasteiger partial charge in [-0.15, -0.1) is 0 Å². The second-order valence-electron chi connectivity index (χ2n) is 6.24. The molecule has 7 heteroatoms. The molecule has 0 spiro atoms. The first-order valence-electron chi connectivity index (χ1n) is 7.72. The van der Waals surface area contributed by atoms with Crippen molar-refractivity contribution in [1.29, 1.82) is 10.5 Å². The Morgan fingerprint density at radius 3 is 2.46 bits per heavy atom. The number of rotatable bonds is 1. The van der Waals surface area contributed by atoms with Crippen LogP contribution in [0, 0.1) is 32.8 Å². The molecule has 0 aromatic heterocycles. The Balaban J connectivity index is 2.35. The molecule has 4 rings (SSSR count). The molecule has 2 aliphatic carbocycles. The maximum Gasteiger partial charge on any atom is 0.281 e. The molecule has 0 amide bonds. The van der Waals surface area contributed by atoms with Gasteiger partial charge in [0.1, 0.15) is 11.1 Å². The van der Waals surface area contributed by atoms with Crippen molar-refractivity contribution in [1.82, 2.24) is 0 Å². The standard InChI is InChI=1S/C19H10N4O3/c20-8-14-12-5-6-15(23(25)26)17-16(12)13(7-19(14,22)9-21)10-3-1-2-4-11(10)18(17)24/h1-6H,7,22H2. The van der Waals surface area contributed by atoms with E-state index in [0.29, 0.717) is 27.1 Å². The third-order valence-electron chi connectivity index (χ3n) is 4.89. The van der Waals surface area contributed by atoms with E-state index >= 15 is 0 Å². The monoisotopic (exact) mass is 342 g/mol. The summed E-state index contributed by atoms with van der Waals surface area (Å²) >= 11 is 0. The number of carbonyl (C=O) groups is 1. The van der Waals surface area contributed by atoms with Crippen LogP contribution < -0.4 is 16.2 Å². The smallest absolute Gasteiger partial charge is 0.281 e. The number of hydrogen-bond donors (Lipinski definition) is 1. The highest BCUT2D eigenvalue weighted by Crippen LogP contribution is 2.35. The van der Waals surface area contributed by atoms with E-state index in [4.69, 9.17) is 5.73 Å². The number of nitro benzene ring substituents is 1. The molecule has 1 unspecified atom stereocenters. The van der Waals surface area contributed by atoms with Crippen LogP contribution in [0.3, 0.4) is 0 Å². The number of ketones is 1. The van der Waals surface area contributed by atoms with Crippen LogP contribution in [0.25, 0.3) is 11.1 Å². The Hall–Kier alpha value is -3.81. The van der Waals surface area contributed by atoms with Gasteiger partial charge in [0.05, 0.1) is 22.6 Å². The number of fused-ring (bicyclic) bond motifs is 2. The summed E-state index contributed by atoms with van der Waals surface area (Å²) in [6.45, 7) is 0. The topological polar surface area (TPSA) is 134 Å². The van der Waals surface area contributed by atoms with Crippen molar-refractivity contribution in [2.75, 3.05) is 0 Å². The van der Waals surface area contributed by atoms with Gasteiger partial charge in [-0.25, -0.2) is 0 Å². The molecule has 0 saturated carbocycles. The molecular formula is C19H10N4O3. The van der Waals surface area contributed by atoms with Gasteiger partial charge in [-0.3, -0.25) is 14.9 Å². The molecule has 2 aliphatic rings. The van der Waals surface area contributed by atoms with Crippen molar-refractivity contribution >= 4 is 22.6 Å². The largest absolute Gasteiger partial charge is 0.309 e. The van der Waals surface area contributed by atoms with Crippen molar-refractivity contribution in [3.8, 4) is 12.1 Å². The number of nitrogens with zero attached hydrogens (tertiary/aromatic N) is 3. The molecule has 0 fully saturated rings. The average molecular weight is 342 g/mol. The van der Waals surface area contributed by atoms with E-state index in [2.05, 4.69) is 0 Å². The molecule has 0 radical (unpaired) electrons. The molecule has 0 saturated heterocycles. The average Bonchev–Trinajstić information content (AvgIpc) is 2.65. The van der Waals surface area contributed by atoms with Gasteiger partial charge in [-0.2, -0.15) is 10.5 Å². The molecule has 2 N–H and O–H groups in total. The molecule has 0 bridgehead atoms. The fourth-order valence-electron chi connectivity index (χ4n) is 3.76. The summed E-state index contributed by atoms with van der Waals surface area (Å²) in [7, 11) is 0. The summed E-state index contributed by atoms with van der Waals surface area (Å²) in [5.41, 5.74) is 5.79. The normalized spacial score (nSPS) is 19.9. The van der Waals surface area contributed by atoms with E-state index in [1.807, 2.05) is 12.1 Å². The third-order valence-corrected chi connectivity index (χ3v) is 4.89. The zero-order valence-corrected chi connectivity index (χ0v) is 13.3. The molecule has 2 aromatic carbocycles. The van der Waals surface area contributed by atoms with Gasteiger partial charge in [0.2, 0.25) is 5.78 Å². The summed E-state index contributed by atoms with van der Waals surface area (Å²) in [5, 5.41) is 31.3. The van der Waals surface area contributed by atoms with Crippen molar-refractivity contribution in [2.45, 2.75) is 12.0 Å². The van der Waals surface area contributed by atoms with Crippen LogP contribution in [0.15, 0.2) is 36.4 Å². The second-order valence-corrected chi connectivity index (χ2v) is 6.24. The molecule has 0 aliphatic heterocycles. The Morgan fingerprint density at radius 2 is 1.85 bits per heavy atom. The zero-order valence-electron chi connectivity index (χ0n) is 13.3. The molecule has 0 heterocycles. The fraction of sp³-hybridized carbons (Fsp3) is 0.105. The van der Waals surface area contributed by atoms with Gasteiger partial charge in [-0.1, -0.05) is 24.3 Å². The predicted octanol–water partition coefficient (Wildman–Crippen LogP) is 0.637. The van der Waals surface area contributed by atoms with E-state index in [-0.39, 0.29) is 23.2 Å². The van der Waals surface area contributed by atoms with E-state index in [9.17, 15) is 25.4 Å². The lowest BCUT2D eigenvalue weighted by atomic mass is 9.73. The van der Waals surface area contributed by atoms with Crippen LogP contribution in [0.4, 0.5) is 5.69 Å². The van der Waals surface area contributed by atoms with Crippen LogP contribution in [0.5, 0.6) is 0 Å². The molecule has 26 heavy (non-hydrogen) atoms. The number of hydrogen-bond acceptors (Lipinski definition) is 6. The first-order chi connectivity index (χ1) is 12.4. The Kier molecular flexibility index (Phi) is 3.07. The fourth-order valence-corrected chi connectivity index (χ4v) is 3.76. The lowest BCUT2D eigenvalue weighted by Crippen LogP contribution is -2.52. The maximum absolute atomic E-state index is 13.0. The van der Waals surface area contributed by atoms with Gasteiger partial charge in [0, 0.05) is 23.3 Å². The number of nitro groups is 1. The van der Waals surface area contributed by atoms with E-state index in [1.54, 1.807) is 24.3 Å². The van der Waals surface area contributed by atoms with Gasteiger partial charge in [-0.05, 0) is 22.4 Å². The second kappa shape index (κ2) is 5.09. The van der Waals surface area contributed by atoms with Gasteiger partial charge in [0.25, 0.3) is 5.69 Å². The summed E-state index contributed by atoms with van der Waals surface area (Å²) in [6, 6.07) is 13.3. The lowest BCUT2D eigenvalue weighted by molar-refractivity contribution is -0.385. The summed E-state index contributed by atoms with van der Waals surface area (Å²) in [5.74, 6) is -0.466. The van der Waals surface area contributed by atoms with Crippen LogP contribution in [0.2, 0.25) is 0 Å². The van der Waals surface area contributed by atoms with E-state index in [1.165, 1.54) is 12.1 Å². The van der Waals surface area contributed by atoms with E-state index < -0.39 is 16.2 Å². The van der Waals surface area contributed by atoms with Gasteiger partial charge >= 0.3 is 0 Å². The maximum atomic E-state index is 13.0. The molecular weight excluding hydrogens is 332 g/mol. The van der Waals surface area contributed by atoms with Crippen LogP contribution in [0.1, 0.15) is 27.9 Å². The number of nitriles is 2. The van der Waals surface area contributed by atoms with Crippen molar-refractivity contribution in [3.05, 3.63) is 73.6 Å². The summed E-state index contributed by atoms with van der Waals surface area (Å²) < 4.78 is 0. The first kappa shape index (κ1) is 15.7. The van der Waals surface area contributed by atoms with Crippen molar-refractivity contribution < 1.29 is 9.72 Å². The zero-order chi connectivity index (χ0) is 18.6. The molecule has 7 nitrogen and oxygen atoms in total. The Bertz CT molecular complexity index is 1250. The quantitative estimate of drug-likeness (QED) is 0.597. The Morgan fingerprint density at radius 1 is 1.15 bits per heavy atom. The number of nitrogens with two attached hydrogens (primary N) is 1. The first-order valence-corrected chi connectivity index (χ1v) is 7.72. The van der Waals surface area contributed by atoms with Crippen molar-refractivity contribution in [2.24, 2.45) is 5.73 Å². The SMILES string of the molecule is N#CC1=c2ccc([N+](=O)[O-])c3c2=C(CC1(N)C#N)c1ccccc1C3=O. The molecule has 1 atom stereocenters. The highest BCUT2D eigenvalue weighted by atomic mass is 16.6. The number of benzene rings is 2. The minimum absolute atomic E-state index is 0.00213. The minimum atomic E-state index is -1.56. The van der Waals surface area contributed by atoms with Crippen molar-refractivity contribution in [3.63, 3.8) is 0 Å². The van der Waals surface area contributed by atoms with Crippen LogP contribution in [-0.2, 0) is 0 Å². The number of carbonyl (C=O) groups excluding carboxylic acids is 1. The van der Waals surface area contributed by atoms with E-state index in [0.717, 1.165) is 0 Å². The van der Waals surface area contributed by atoms with Crippen LogP contribution >= 0.6 is 0 Å². The lowest BCUT2D eigenvalue weighted by Gasteiger charge is -2.30. The molecule has 2 aromatic rings.